The predicted octanol–water partition coefficient (Wildman–Crippen LogP) is 1.87. The van der Waals surface area contributed by atoms with Crippen molar-refractivity contribution < 1.29 is 33.0 Å². The van der Waals surface area contributed by atoms with E-state index < -0.39 is 71.0 Å². The third-order valence-electron chi connectivity index (χ3n) is 9.85. The fourth-order valence-electron chi connectivity index (χ4n) is 7.90. The number of methoxy groups -OCH3 is 1. The first-order valence-corrected chi connectivity index (χ1v) is 14.3. The first-order valence-electron chi connectivity index (χ1n) is 14.3. The van der Waals surface area contributed by atoms with E-state index in [1.54, 1.807) is 32.9 Å². The van der Waals surface area contributed by atoms with Gasteiger partial charge in [-0.1, -0.05) is 20.8 Å². The molecule has 2 N–H and O–H groups in total. The van der Waals surface area contributed by atoms with E-state index >= 15 is 4.39 Å². The first kappa shape index (κ1) is 28.2. The average Bonchev–Trinajstić information content (AvgIpc) is 3.70. The summed E-state index contributed by atoms with van der Waals surface area (Å²) in [6, 6.07) is 2.34. The second-order valence-electron chi connectivity index (χ2n) is 13.2. The fourth-order valence-corrected chi connectivity index (χ4v) is 7.90. The van der Waals surface area contributed by atoms with Crippen molar-refractivity contribution in [3.8, 4) is 11.9 Å². The fraction of sp³-hybridized carbons (Fsp3) is 0.655. The Hall–Kier alpha value is -3.95. The van der Waals surface area contributed by atoms with Crippen LogP contribution >= 0.6 is 0 Å². The van der Waals surface area contributed by atoms with Crippen LogP contribution in [0, 0.1) is 40.4 Å². The van der Waals surface area contributed by atoms with Crippen LogP contribution in [-0.2, 0) is 19.1 Å². The van der Waals surface area contributed by atoms with Crippen LogP contribution in [-0.4, -0.2) is 88.7 Å². The minimum atomic E-state index is -1.54. The van der Waals surface area contributed by atoms with Gasteiger partial charge in [-0.05, 0) is 54.1 Å². The molecule has 6 rings (SSSR count). The molecule has 2 saturated heterocycles. The van der Waals surface area contributed by atoms with Gasteiger partial charge in [0.05, 0.1) is 19.7 Å². The highest BCUT2D eigenvalue weighted by Crippen LogP contribution is 2.59. The summed E-state index contributed by atoms with van der Waals surface area (Å²) in [5.74, 6) is -2.16. The van der Waals surface area contributed by atoms with Crippen molar-refractivity contribution in [3.05, 3.63) is 18.3 Å². The van der Waals surface area contributed by atoms with Crippen LogP contribution in [0.1, 0.15) is 40.0 Å². The molecule has 1 aromatic heterocycles. The number of pyridine rings is 1. The molecule has 1 aromatic rings. The molecule has 2 bridgehead atoms. The van der Waals surface area contributed by atoms with E-state index in [0.717, 1.165) is 0 Å². The Balaban J connectivity index is 1.34. The molecule has 0 aromatic carbocycles. The van der Waals surface area contributed by atoms with E-state index in [1.807, 2.05) is 0 Å². The Kier molecular flexibility index (Phi) is 6.58. The molecule has 4 heterocycles. The SMILES string of the molecule is COC(=O)N[C@H](C(=O)N1C[C@@H]2[C@H]3C[C@@H]([C@@H]2[C@H]1C(=O)N1C[C@@]2(C[C@H]1C#N)Oc1ncccc1NC2=O)[C@H](F)C3)C(C)(C)C. The number of hydrogen-bond donors (Lipinski definition) is 2. The van der Waals surface area contributed by atoms with Crippen LogP contribution in [0.4, 0.5) is 14.9 Å². The van der Waals surface area contributed by atoms with Crippen LogP contribution < -0.4 is 15.4 Å². The molecule has 4 amide bonds. The number of likely N-dealkylation sites (tertiary alicyclic amines) is 2. The monoisotopic (exact) mass is 582 g/mol. The van der Waals surface area contributed by atoms with Crippen molar-refractivity contribution >= 4 is 29.5 Å². The van der Waals surface area contributed by atoms with E-state index in [9.17, 15) is 24.4 Å². The number of nitriles is 1. The summed E-state index contributed by atoms with van der Waals surface area (Å²) < 4.78 is 26.0. The molecule has 4 fully saturated rings. The molecule has 5 aliphatic rings. The summed E-state index contributed by atoms with van der Waals surface area (Å²) in [5, 5.41) is 15.5. The van der Waals surface area contributed by atoms with Crippen molar-refractivity contribution in [2.45, 2.75) is 69.9 Å². The van der Waals surface area contributed by atoms with Gasteiger partial charge in [-0.2, -0.15) is 5.26 Å². The van der Waals surface area contributed by atoms with E-state index in [1.165, 1.54) is 23.1 Å². The number of fused-ring (bicyclic) bond motifs is 6. The first-order chi connectivity index (χ1) is 19.9. The summed E-state index contributed by atoms with van der Waals surface area (Å²) in [5.41, 5.74) is -1.88. The Labute approximate surface area is 242 Å². The van der Waals surface area contributed by atoms with Crippen molar-refractivity contribution in [2.75, 3.05) is 25.5 Å². The molecule has 2 saturated carbocycles. The van der Waals surface area contributed by atoms with Gasteiger partial charge in [0.15, 0.2) is 0 Å². The lowest BCUT2D eigenvalue weighted by Gasteiger charge is -2.38. The molecule has 2 aliphatic carbocycles. The Morgan fingerprint density at radius 1 is 1.29 bits per heavy atom. The standard InChI is InChI=1S/C29H35FN6O6/c1-28(2,3)22(34-27(40)41-4)25(38)35-12-17-14-8-16(18(30)9-14)20(17)21(35)24(37)36-13-29(10-15(36)11-31)26(39)33-19-6-5-7-32-23(19)42-29/h5-7,14-18,20-22H,8-10,12-13H2,1-4H3,(H,33,39)(H,34,40)/t14-,15-,16+,17+,18+,20-,21-,22+,29+/m0/s1. The normalized spacial score (nSPS) is 35.1. The van der Waals surface area contributed by atoms with Gasteiger partial charge < -0.3 is 29.9 Å². The number of hydrogen-bond acceptors (Lipinski definition) is 8. The molecule has 1 spiro atoms. The molecule has 0 unspecified atom stereocenters. The zero-order valence-corrected chi connectivity index (χ0v) is 24.0. The third kappa shape index (κ3) is 4.25. The number of nitrogens with one attached hydrogen (secondary N) is 2. The third-order valence-corrected chi connectivity index (χ3v) is 9.85. The number of amides is 4. The summed E-state index contributed by atoms with van der Waals surface area (Å²) in [4.78, 5) is 61.2. The lowest BCUT2D eigenvalue weighted by molar-refractivity contribution is -0.149. The summed E-state index contributed by atoms with van der Waals surface area (Å²) in [6.07, 6.45) is 0.604. The van der Waals surface area contributed by atoms with E-state index in [0.29, 0.717) is 18.5 Å². The van der Waals surface area contributed by atoms with Gasteiger partial charge >= 0.3 is 6.09 Å². The minimum Gasteiger partial charge on any atom is -0.457 e. The number of carbonyl (C=O) groups is 4. The maximum absolute atomic E-state index is 15.2. The van der Waals surface area contributed by atoms with E-state index in [2.05, 4.69) is 21.7 Å². The molecule has 3 aliphatic heterocycles. The molecular formula is C29H35FN6O6. The molecule has 9 atom stereocenters. The summed E-state index contributed by atoms with van der Waals surface area (Å²) in [6.45, 7) is 5.40. The second kappa shape index (κ2) is 9.81. The zero-order valence-electron chi connectivity index (χ0n) is 24.0. The number of alkyl carbamates (subject to hydrolysis) is 1. The van der Waals surface area contributed by atoms with Gasteiger partial charge in [0, 0.05) is 19.2 Å². The smallest absolute Gasteiger partial charge is 0.407 e. The second-order valence-corrected chi connectivity index (χ2v) is 13.2. The molecule has 0 radical (unpaired) electrons. The number of nitrogens with zero attached hydrogens (tertiary/aromatic N) is 4. The number of rotatable bonds is 3. The number of halogens is 1. The maximum atomic E-state index is 15.2. The predicted molar refractivity (Wildman–Crippen MR) is 144 cm³/mol. The van der Waals surface area contributed by atoms with Crippen LogP contribution in [0.5, 0.6) is 5.88 Å². The molecule has 42 heavy (non-hydrogen) atoms. The van der Waals surface area contributed by atoms with Gasteiger partial charge in [0.2, 0.25) is 23.3 Å². The van der Waals surface area contributed by atoms with Crippen molar-refractivity contribution in [2.24, 2.45) is 29.1 Å². The Morgan fingerprint density at radius 2 is 2.05 bits per heavy atom. The molecule has 12 nitrogen and oxygen atoms in total. The van der Waals surface area contributed by atoms with E-state index in [4.69, 9.17) is 9.47 Å². The number of anilines is 1. The highest BCUT2D eigenvalue weighted by atomic mass is 19.1. The number of aromatic nitrogens is 1. The van der Waals surface area contributed by atoms with Crippen molar-refractivity contribution in [1.82, 2.24) is 20.1 Å². The van der Waals surface area contributed by atoms with E-state index in [-0.39, 0.29) is 37.2 Å². The maximum Gasteiger partial charge on any atom is 0.407 e. The lowest BCUT2D eigenvalue weighted by atomic mass is 9.77. The Bertz CT molecular complexity index is 1380. The van der Waals surface area contributed by atoms with Gasteiger partial charge in [-0.3, -0.25) is 14.4 Å². The van der Waals surface area contributed by atoms with Gasteiger partial charge in [-0.15, -0.1) is 0 Å². The topological polar surface area (TPSA) is 154 Å². The van der Waals surface area contributed by atoms with Crippen LogP contribution in [0.2, 0.25) is 0 Å². The summed E-state index contributed by atoms with van der Waals surface area (Å²) in [7, 11) is 1.20. The minimum absolute atomic E-state index is 0.0384. The van der Waals surface area contributed by atoms with Crippen molar-refractivity contribution in [1.29, 1.82) is 5.26 Å². The average molecular weight is 583 g/mol. The molecule has 224 valence electrons. The van der Waals surface area contributed by atoms with Gasteiger partial charge in [-0.25, -0.2) is 14.2 Å². The van der Waals surface area contributed by atoms with Crippen molar-refractivity contribution in [3.63, 3.8) is 0 Å². The highest BCUT2D eigenvalue weighted by molar-refractivity contribution is 6.02. The van der Waals surface area contributed by atoms with Crippen LogP contribution in [0.25, 0.3) is 0 Å². The van der Waals surface area contributed by atoms with Crippen LogP contribution in [0.15, 0.2) is 18.3 Å². The molecule has 13 heteroatoms. The number of ether oxygens (including phenoxy) is 2. The lowest BCUT2D eigenvalue weighted by Crippen LogP contribution is -2.60. The van der Waals surface area contributed by atoms with Gasteiger partial charge in [0.25, 0.3) is 5.91 Å². The summed E-state index contributed by atoms with van der Waals surface area (Å²) >= 11 is 0. The highest BCUT2D eigenvalue weighted by Gasteiger charge is 2.65. The Morgan fingerprint density at radius 3 is 2.74 bits per heavy atom. The number of carbonyl (C=O) groups excluding carboxylic acids is 4. The largest absolute Gasteiger partial charge is 0.457 e. The molecular weight excluding hydrogens is 547 g/mol. The quantitative estimate of drug-likeness (QED) is 0.548. The van der Waals surface area contributed by atoms with Crippen LogP contribution in [0.3, 0.4) is 0 Å². The zero-order chi connectivity index (χ0) is 30.1. The van der Waals surface area contributed by atoms with Gasteiger partial charge in [0.1, 0.15) is 30.0 Å². The number of alkyl halides is 1.